The zero-order valence-electron chi connectivity index (χ0n) is 14.4. The number of nitrogens with one attached hydrogen (secondary N) is 1. The topological polar surface area (TPSA) is 165 Å². The third kappa shape index (κ3) is 5.35. The maximum atomic E-state index is 12.3. The zero-order chi connectivity index (χ0) is 19.2. The van der Waals surface area contributed by atoms with Gasteiger partial charge < -0.3 is 19.9 Å². The van der Waals surface area contributed by atoms with Gasteiger partial charge in [0.15, 0.2) is 5.79 Å². The van der Waals surface area contributed by atoms with E-state index in [1.807, 2.05) is 0 Å². The molecule has 11 heteroatoms. The summed E-state index contributed by atoms with van der Waals surface area (Å²) in [7, 11) is 0. The molecule has 1 amide bonds. The van der Waals surface area contributed by atoms with Crippen LogP contribution in [0.4, 0.5) is 5.69 Å². The largest absolute Gasteiger partial charge is 0.388 e. The highest BCUT2D eigenvalue weighted by Gasteiger charge is 2.36. The van der Waals surface area contributed by atoms with Crippen LogP contribution in [-0.2, 0) is 16.0 Å². The van der Waals surface area contributed by atoms with Crippen molar-refractivity contribution in [2.24, 2.45) is 10.2 Å². The Kier molecular flexibility index (Phi) is 6.40. The second-order valence-corrected chi connectivity index (χ2v) is 6.11. The number of benzene rings is 1. The van der Waals surface area contributed by atoms with Gasteiger partial charge in [-0.05, 0) is 48.7 Å². The predicted molar refractivity (Wildman–Crippen MR) is 91.3 cm³/mol. The molecule has 1 saturated heterocycles. The Hall–Kier alpha value is -2.81. The Morgan fingerprint density at radius 3 is 2.81 bits per heavy atom. The third-order valence-electron chi connectivity index (χ3n) is 3.65. The van der Waals surface area contributed by atoms with Gasteiger partial charge in [-0.3, -0.25) is 4.79 Å². The van der Waals surface area contributed by atoms with E-state index in [1.54, 1.807) is 13.8 Å². The molecular formula is C15H19N7O4. The van der Waals surface area contributed by atoms with Crippen molar-refractivity contribution >= 4 is 11.6 Å². The second kappa shape index (κ2) is 8.52. The van der Waals surface area contributed by atoms with E-state index in [0.29, 0.717) is 5.56 Å². The molecule has 11 nitrogen and oxygen atoms in total. The number of aliphatic hydroxyl groups is 1. The average molecular weight is 361 g/mol. The van der Waals surface area contributed by atoms with E-state index in [1.165, 1.54) is 18.2 Å². The van der Waals surface area contributed by atoms with E-state index in [2.05, 4.69) is 25.4 Å². The predicted octanol–water partition coefficient (Wildman–Crippen LogP) is 2.68. The van der Waals surface area contributed by atoms with Crippen molar-refractivity contribution < 1.29 is 19.4 Å². The van der Waals surface area contributed by atoms with E-state index in [9.17, 15) is 9.90 Å². The molecule has 2 N–H and O–H groups in total. The first-order valence-electron chi connectivity index (χ1n) is 7.82. The molecule has 0 aliphatic carbocycles. The number of aliphatic hydroxyl groups excluding tert-OH is 1. The highest BCUT2D eigenvalue weighted by molar-refractivity contribution is 5.95. The monoisotopic (exact) mass is 361 g/mol. The first-order chi connectivity index (χ1) is 12.3. The molecule has 1 aliphatic rings. The van der Waals surface area contributed by atoms with E-state index in [4.69, 9.17) is 20.5 Å². The Morgan fingerprint density at radius 2 is 2.19 bits per heavy atom. The molecule has 0 saturated carbocycles. The molecule has 138 valence electrons. The molecule has 1 aliphatic heterocycles. The number of amides is 1. The van der Waals surface area contributed by atoms with Gasteiger partial charge in [0.2, 0.25) is 0 Å². The number of nitrogens with zero attached hydrogens (tertiary/aromatic N) is 6. The first-order valence-corrected chi connectivity index (χ1v) is 7.82. The summed E-state index contributed by atoms with van der Waals surface area (Å²) >= 11 is 0. The molecule has 1 aromatic rings. The Labute approximate surface area is 149 Å². The number of rotatable bonds is 7. The van der Waals surface area contributed by atoms with Gasteiger partial charge in [0.1, 0.15) is 6.10 Å². The second-order valence-electron chi connectivity index (χ2n) is 6.11. The van der Waals surface area contributed by atoms with E-state index in [-0.39, 0.29) is 30.9 Å². The Morgan fingerprint density at radius 1 is 1.42 bits per heavy atom. The molecule has 1 heterocycles. The van der Waals surface area contributed by atoms with Gasteiger partial charge in [-0.1, -0.05) is 10.2 Å². The molecule has 0 aromatic heterocycles. The van der Waals surface area contributed by atoms with Crippen LogP contribution in [-0.4, -0.2) is 42.2 Å². The van der Waals surface area contributed by atoms with Crippen LogP contribution in [0.1, 0.15) is 29.8 Å². The van der Waals surface area contributed by atoms with Gasteiger partial charge in [-0.25, -0.2) is 0 Å². The lowest BCUT2D eigenvalue weighted by Crippen LogP contribution is -2.40. The molecule has 1 fully saturated rings. The number of carbonyl (C=O) groups is 1. The summed E-state index contributed by atoms with van der Waals surface area (Å²) in [4.78, 5) is 17.7. The van der Waals surface area contributed by atoms with Crippen molar-refractivity contribution in [3.63, 3.8) is 0 Å². The summed E-state index contributed by atoms with van der Waals surface area (Å²) in [6.45, 7) is 3.68. The average Bonchev–Trinajstić information content (AvgIpc) is 2.97. The Balaban J connectivity index is 2.04. The van der Waals surface area contributed by atoms with E-state index < -0.39 is 23.9 Å². The molecular weight excluding hydrogens is 342 g/mol. The summed E-state index contributed by atoms with van der Waals surface area (Å²) in [6, 6.07) is 4.44. The van der Waals surface area contributed by atoms with Crippen molar-refractivity contribution in [1.29, 1.82) is 0 Å². The van der Waals surface area contributed by atoms with Gasteiger partial charge >= 0.3 is 0 Å². The molecule has 0 bridgehead atoms. The standard InChI is InChI=1S/C15H19N7O4/c1-15(2)25-8-13(26-15)12(23)7-18-14(24)10-3-9(6-19-21-16)4-11(5-10)20-22-17/h3-5,12-13,23H,6-8H2,1-2H3,(H,18,24)/t12?,13-/m1/s1. The van der Waals surface area contributed by atoms with Crippen molar-refractivity contribution in [2.75, 3.05) is 13.2 Å². The lowest BCUT2D eigenvalue weighted by Gasteiger charge is -2.20. The number of hydrogen-bond acceptors (Lipinski definition) is 6. The maximum absolute atomic E-state index is 12.3. The highest BCUT2D eigenvalue weighted by atomic mass is 16.7. The molecule has 0 radical (unpaired) electrons. The van der Waals surface area contributed by atoms with Crippen LogP contribution in [0.25, 0.3) is 20.9 Å². The fraction of sp³-hybridized carbons (Fsp3) is 0.533. The molecule has 1 unspecified atom stereocenters. The lowest BCUT2D eigenvalue weighted by atomic mass is 10.1. The van der Waals surface area contributed by atoms with Crippen LogP contribution in [0.5, 0.6) is 0 Å². The van der Waals surface area contributed by atoms with Crippen LogP contribution in [0.15, 0.2) is 28.4 Å². The molecule has 2 atom stereocenters. The van der Waals surface area contributed by atoms with Crippen molar-refractivity contribution in [2.45, 2.75) is 38.4 Å². The molecule has 26 heavy (non-hydrogen) atoms. The third-order valence-corrected chi connectivity index (χ3v) is 3.65. The minimum atomic E-state index is -0.941. The number of hydrogen-bond donors (Lipinski definition) is 2. The van der Waals surface area contributed by atoms with Crippen LogP contribution in [0.2, 0.25) is 0 Å². The SMILES string of the molecule is CC1(C)OC[C@H](C(O)CNC(=O)c2cc(CN=[N+]=[N-])cc(N=[N+]=[N-])c2)O1. The number of carbonyl (C=O) groups excluding carboxylic acids is 1. The van der Waals surface area contributed by atoms with Crippen molar-refractivity contribution in [1.82, 2.24) is 5.32 Å². The van der Waals surface area contributed by atoms with Crippen LogP contribution in [0, 0.1) is 0 Å². The zero-order valence-corrected chi connectivity index (χ0v) is 14.4. The highest BCUT2D eigenvalue weighted by Crippen LogP contribution is 2.24. The summed E-state index contributed by atoms with van der Waals surface area (Å²) in [5.41, 5.74) is 17.9. The number of ether oxygens (including phenoxy) is 2. The Bertz CT molecular complexity index is 769. The molecule has 2 rings (SSSR count). The van der Waals surface area contributed by atoms with Crippen LogP contribution in [0.3, 0.4) is 0 Å². The normalized spacial score (nSPS) is 19.1. The molecule has 0 spiro atoms. The smallest absolute Gasteiger partial charge is 0.251 e. The fourth-order valence-corrected chi connectivity index (χ4v) is 2.45. The van der Waals surface area contributed by atoms with E-state index in [0.717, 1.165) is 0 Å². The first kappa shape index (κ1) is 19.5. The van der Waals surface area contributed by atoms with E-state index >= 15 is 0 Å². The van der Waals surface area contributed by atoms with Gasteiger partial charge in [0.05, 0.1) is 19.3 Å². The van der Waals surface area contributed by atoms with Crippen molar-refractivity contribution in [3.8, 4) is 0 Å². The van der Waals surface area contributed by atoms with Crippen molar-refractivity contribution in [3.05, 3.63) is 50.2 Å². The summed E-state index contributed by atoms with van der Waals surface area (Å²) in [5.74, 6) is -1.24. The van der Waals surface area contributed by atoms with Gasteiger partial charge in [0.25, 0.3) is 5.91 Å². The summed E-state index contributed by atoms with van der Waals surface area (Å²) in [5, 5.41) is 19.6. The van der Waals surface area contributed by atoms with Crippen LogP contribution >= 0.6 is 0 Å². The summed E-state index contributed by atoms with van der Waals surface area (Å²) < 4.78 is 10.9. The van der Waals surface area contributed by atoms with Gasteiger partial charge in [-0.15, -0.1) is 0 Å². The van der Waals surface area contributed by atoms with Gasteiger partial charge in [0, 0.05) is 27.6 Å². The quantitative estimate of drug-likeness (QED) is 0.433. The van der Waals surface area contributed by atoms with Gasteiger partial charge in [-0.2, -0.15) is 0 Å². The maximum Gasteiger partial charge on any atom is 0.251 e. The number of azide groups is 2. The lowest BCUT2D eigenvalue weighted by molar-refractivity contribution is -0.150. The summed E-state index contributed by atoms with van der Waals surface area (Å²) in [6.07, 6.45) is -1.48. The fourth-order valence-electron chi connectivity index (χ4n) is 2.45. The van der Waals surface area contributed by atoms with Crippen LogP contribution < -0.4 is 5.32 Å². The molecule has 1 aromatic carbocycles. The minimum absolute atomic E-state index is 0.0104. The minimum Gasteiger partial charge on any atom is -0.388 e.